The van der Waals surface area contributed by atoms with Crippen molar-refractivity contribution >= 4 is 27.0 Å². The smallest absolute Gasteiger partial charge is 0.306 e. The second-order valence-corrected chi connectivity index (χ2v) is 7.51. The van der Waals surface area contributed by atoms with Gasteiger partial charge in [-0.1, -0.05) is 0 Å². The molecule has 2 heterocycles. The number of sulfonamides is 1. The topological polar surface area (TPSA) is 87.8 Å². The number of benzene rings is 1. The van der Waals surface area contributed by atoms with Crippen molar-refractivity contribution in [1.29, 1.82) is 0 Å². The molecule has 124 valence electrons. The van der Waals surface area contributed by atoms with Gasteiger partial charge < -0.3 is 9.52 Å². The van der Waals surface area contributed by atoms with E-state index in [0.29, 0.717) is 16.5 Å². The zero-order valence-corrected chi connectivity index (χ0v) is 13.3. The van der Waals surface area contributed by atoms with Crippen LogP contribution in [0.15, 0.2) is 27.7 Å². The second kappa shape index (κ2) is 5.61. The summed E-state index contributed by atoms with van der Waals surface area (Å²) in [5.41, 5.74) is 0.669. The van der Waals surface area contributed by atoms with E-state index in [4.69, 9.17) is 9.52 Å². The molecule has 23 heavy (non-hydrogen) atoms. The molecular formula is C15H16FNO5S. The fourth-order valence-corrected chi connectivity index (χ4v) is 4.50. The summed E-state index contributed by atoms with van der Waals surface area (Å²) in [5, 5.41) is 9.21. The summed E-state index contributed by atoms with van der Waals surface area (Å²) in [6.45, 7) is 1.83. The fourth-order valence-electron chi connectivity index (χ4n) is 2.88. The van der Waals surface area contributed by atoms with E-state index in [9.17, 15) is 17.6 Å². The molecule has 1 aliphatic rings. The Morgan fingerprint density at radius 2 is 2.00 bits per heavy atom. The maximum atomic E-state index is 13.3. The molecule has 1 saturated heterocycles. The highest BCUT2D eigenvalue weighted by Crippen LogP contribution is 2.32. The van der Waals surface area contributed by atoms with Gasteiger partial charge in [0.05, 0.1) is 5.92 Å². The number of nitrogens with zero attached hydrogens (tertiary/aromatic N) is 1. The minimum absolute atomic E-state index is 0.129. The predicted molar refractivity (Wildman–Crippen MR) is 80.0 cm³/mol. The van der Waals surface area contributed by atoms with Crippen LogP contribution in [0.3, 0.4) is 0 Å². The van der Waals surface area contributed by atoms with Gasteiger partial charge in [0, 0.05) is 24.0 Å². The van der Waals surface area contributed by atoms with E-state index < -0.39 is 27.7 Å². The highest BCUT2D eigenvalue weighted by atomic mass is 32.2. The molecule has 0 unspecified atom stereocenters. The van der Waals surface area contributed by atoms with Crippen LogP contribution in [0.1, 0.15) is 18.4 Å². The number of carboxylic acid groups (broad SMARTS) is 1. The van der Waals surface area contributed by atoms with Crippen molar-refractivity contribution in [3.8, 4) is 0 Å². The number of fused-ring (bicyclic) bond motifs is 1. The Kier molecular flexibility index (Phi) is 3.89. The number of rotatable bonds is 3. The molecule has 0 spiro atoms. The Morgan fingerprint density at radius 3 is 2.61 bits per heavy atom. The number of hydrogen-bond acceptors (Lipinski definition) is 4. The SMILES string of the molecule is Cc1c(S(=O)(=O)N2CCC(C(=O)O)CC2)oc2ccc(F)cc12. The first-order valence-electron chi connectivity index (χ1n) is 7.22. The first-order chi connectivity index (χ1) is 10.8. The van der Waals surface area contributed by atoms with Crippen LogP contribution in [0.25, 0.3) is 11.0 Å². The molecule has 1 aliphatic heterocycles. The van der Waals surface area contributed by atoms with Gasteiger partial charge in [0.1, 0.15) is 11.4 Å². The van der Waals surface area contributed by atoms with Crippen LogP contribution in [0, 0.1) is 18.7 Å². The van der Waals surface area contributed by atoms with Crippen LogP contribution in [-0.4, -0.2) is 36.9 Å². The Morgan fingerprint density at radius 1 is 1.35 bits per heavy atom. The first-order valence-corrected chi connectivity index (χ1v) is 8.66. The molecule has 1 fully saturated rings. The number of carbonyl (C=O) groups is 1. The molecule has 1 aromatic heterocycles. The molecule has 1 N–H and O–H groups in total. The molecule has 2 aromatic rings. The van der Waals surface area contributed by atoms with E-state index in [-0.39, 0.29) is 31.0 Å². The largest absolute Gasteiger partial charge is 0.481 e. The van der Waals surface area contributed by atoms with Crippen molar-refractivity contribution in [2.75, 3.05) is 13.1 Å². The second-order valence-electron chi connectivity index (χ2n) is 5.67. The quantitative estimate of drug-likeness (QED) is 0.926. The average molecular weight is 341 g/mol. The lowest BCUT2D eigenvalue weighted by atomic mass is 9.99. The molecule has 8 heteroatoms. The lowest BCUT2D eigenvalue weighted by Gasteiger charge is -2.28. The zero-order chi connectivity index (χ0) is 16.8. The highest BCUT2D eigenvalue weighted by Gasteiger charge is 2.35. The number of carboxylic acids is 1. The minimum atomic E-state index is -3.87. The Labute approximate surface area is 132 Å². The normalized spacial score (nSPS) is 17.7. The maximum absolute atomic E-state index is 13.3. The van der Waals surface area contributed by atoms with E-state index >= 15 is 0 Å². The first kappa shape index (κ1) is 15.9. The van der Waals surface area contributed by atoms with Gasteiger partial charge in [0.25, 0.3) is 10.0 Å². The Bertz CT molecular complexity index is 865. The highest BCUT2D eigenvalue weighted by molar-refractivity contribution is 7.89. The van der Waals surface area contributed by atoms with Crippen molar-refractivity contribution in [2.24, 2.45) is 5.92 Å². The standard InChI is InChI=1S/C15H16FNO5S/c1-9-12-8-11(16)2-3-13(12)22-15(9)23(20,21)17-6-4-10(5-7-17)14(18)19/h2-3,8,10H,4-7H2,1H3,(H,18,19). The molecule has 3 rings (SSSR count). The third-order valence-corrected chi connectivity index (χ3v) is 6.13. The summed E-state index contributed by atoms with van der Waals surface area (Å²) < 4.78 is 45.5. The van der Waals surface area contributed by atoms with Crippen LogP contribution in [0.2, 0.25) is 0 Å². The van der Waals surface area contributed by atoms with Crippen LogP contribution >= 0.6 is 0 Å². The molecule has 0 radical (unpaired) electrons. The van der Waals surface area contributed by atoms with Crippen molar-refractivity contribution in [1.82, 2.24) is 4.31 Å². The molecule has 0 atom stereocenters. The van der Waals surface area contributed by atoms with Crippen LogP contribution in [0.4, 0.5) is 4.39 Å². The van der Waals surface area contributed by atoms with Crippen LogP contribution in [0.5, 0.6) is 0 Å². The van der Waals surface area contributed by atoms with Gasteiger partial charge in [-0.25, -0.2) is 12.8 Å². The predicted octanol–water partition coefficient (Wildman–Crippen LogP) is 2.37. The number of aliphatic carboxylic acids is 1. The van der Waals surface area contributed by atoms with E-state index in [1.165, 1.54) is 22.5 Å². The molecule has 0 bridgehead atoms. The summed E-state index contributed by atoms with van der Waals surface area (Å²) >= 11 is 0. The van der Waals surface area contributed by atoms with Crippen LogP contribution < -0.4 is 0 Å². The number of piperidine rings is 1. The van der Waals surface area contributed by atoms with Crippen LogP contribution in [-0.2, 0) is 14.8 Å². The molecule has 0 saturated carbocycles. The zero-order valence-electron chi connectivity index (χ0n) is 12.5. The molecular weight excluding hydrogens is 325 g/mol. The Balaban J connectivity index is 1.94. The van der Waals surface area contributed by atoms with Gasteiger partial charge >= 0.3 is 5.97 Å². The molecule has 6 nitrogen and oxygen atoms in total. The maximum Gasteiger partial charge on any atom is 0.306 e. The number of furan rings is 1. The number of halogens is 1. The lowest BCUT2D eigenvalue weighted by Crippen LogP contribution is -2.40. The van der Waals surface area contributed by atoms with E-state index in [2.05, 4.69) is 0 Å². The van der Waals surface area contributed by atoms with Crippen molar-refractivity contribution in [2.45, 2.75) is 24.9 Å². The number of hydrogen-bond donors (Lipinski definition) is 1. The van der Waals surface area contributed by atoms with Crippen molar-refractivity contribution < 1.29 is 27.1 Å². The lowest BCUT2D eigenvalue weighted by molar-refractivity contribution is -0.142. The average Bonchev–Trinajstić information content (AvgIpc) is 2.85. The summed E-state index contributed by atoms with van der Waals surface area (Å²) in [6, 6.07) is 3.84. The summed E-state index contributed by atoms with van der Waals surface area (Å²) in [6.07, 6.45) is 0.533. The van der Waals surface area contributed by atoms with E-state index in [1.807, 2.05) is 0 Å². The summed E-state index contributed by atoms with van der Waals surface area (Å²) in [5.74, 6) is -1.89. The molecule has 0 aliphatic carbocycles. The van der Waals surface area contributed by atoms with Gasteiger partial charge in [-0.15, -0.1) is 0 Å². The number of aryl methyl sites for hydroxylation is 1. The molecule has 0 amide bonds. The minimum Gasteiger partial charge on any atom is -0.481 e. The van der Waals surface area contributed by atoms with Crippen molar-refractivity contribution in [3.05, 3.63) is 29.6 Å². The van der Waals surface area contributed by atoms with Gasteiger partial charge in [-0.3, -0.25) is 4.79 Å². The third-order valence-electron chi connectivity index (χ3n) is 4.23. The van der Waals surface area contributed by atoms with Crippen molar-refractivity contribution in [3.63, 3.8) is 0 Å². The van der Waals surface area contributed by atoms with Gasteiger partial charge in [-0.05, 0) is 38.0 Å². The fraction of sp³-hybridized carbons (Fsp3) is 0.400. The van der Waals surface area contributed by atoms with Gasteiger partial charge in [0.15, 0.2) is 0 Å². The van der Waals surface area contributed by atoms with E-state index in [1.54, 1.807) is 6.92 Å². The van der Waals surface area contributed by atoms with E-state index in [0.717, 1.165) is 0 Å². The van der Waals surface area contributed by atoms with Gasteiger partial charge in [-0.2, -0.15) is 4.31 Å². The van der Waals surface area contributed by atoms with Gasteiger partial charge in [0.2, 0.25) is 5.09 Å². The monoisotopic (exact) mass is 341 g/mol. The summed E-state index contributed by atoms with van der Waals surface area (Å²) in [4.78, 5) is 11.0. The third kappa shape index (κ3) is 2.72. The Hall–Kier alpha value is -1.93. The molecule has 1 aromatic carbocycles. The summed E-state index contributed by atoms with van der Waals surface area (Å²) in [7, 11) is -3.87.